The molecule has 0 unspecified atom stereocenters. The van der Waals surface area contributed by atoms with Crippen LogP contribution in [0.3, 0.4) is 0 Å². The van der Waals surface area contributed by atoms with Crippen LogP contribution in [0.25, 0.3) is 0 Å². The number of ketones is 3. The summed E-state index contributed by atoms with van der Waals surface area (Å²) < 4.78 is 16.8. The molecule has 0 radical (unpaired) electrons. The Morgan fingerprint density at radius 1 is 1.19 bits per heavy atom. The van der Waals surface area contributed by atoms with Gasteiger partial charge in [0.15, 0.2) is 17.2 Å². The summed E-state index contributed by atoms with van der Waals surface area (Å²) in [4.78, 5) is 37.5. The van der Waals surface area contributed by atoms with Gasteiger partial charge in [-0.25, -0.2) is 4.39 Å². The zero-order chi connectivity index (χ0) is 19.1. The molecule has 0 aromatic carbocycles. The van der Waals surface area contributed by atoms with Crippen LogP contribution in [0, 0.1) is 34.5 Å². The van der Waals surface area contributed by atoms with Crippen molar-refractivity contribution in [3.63, 3.8) is 0 Å². The van der Waals surface area contributed by atoms with E-state index in [9.17, 15) is 14.4 Å². The van der Waals surface area contributed by atoms with Crippen LogP contribution < -0.4 is 0 Å². The second-order valence-corrected chi connectivity index (χ2v) is 9.81. The Kier molecular flexibility index (Phi) is 3.72. The predicted molar refractivity (Wildman–Crippen MR) is 96.2 cm³/mol. The van der Waals surface area contributed by atoms with Gasteiger partial charge in [-0.2, -0.15) is 0 Å². The van der Waals surface area contributed by atoms with Crippen LogP contribution in [0.5, 0.6) is 0 Å². The highest BCUT2D eigenvalue weighted by atomic mass is 19.1. The summed E-state index contributed by atoms with van der Waals surface area (Å²) >= 11 is 0. The van der Waals surface area contributed by atoms with Gasteiger partial charge in [-0.3, -0.25) is 14.4 Å². The molecule has 0 aromatic rings. The van der Waals surface area contributed by atoms with Gasteiger partial charge < -0.3 is 0 Å². The second-order valence-electron chi connectivity index (χ2n) is 9.81. The van der Waals surface area contributed by atoms with Gasteiger partial charge in [-0.05, 0) is 55.9 Å². The topological polar surface area (TPSA) is 51.2 Å². The van der Waals surface area contributed by atoms with Gasteiger partial charge in [0.2, 0.25) is 0 Å². The maximum Gasteiger partial charge on any atom is 0.180 e. The fraction of sp³-hybridized carbons (Fsp3) is 0.773. The molecule has 7 atom stereocenters. The molecule has 3 saturated carbocycles. The minimum absolute atomic E-state index is 0.0528. The fourth-order valence-corrected chi connectivity index (χ4v) is 7.36. The number of hydrogen-bond acceptors (Lipinski definition) is 3. The van der Waals surface area contributed by atoms with E-state index < -0.39 is 16.5 Å². The van der Waals surface area contributed by atoms with Gasteiger partial charge in [0, 0.05) is 30.1 Å². The van der Waals surface area contributed by atoms with Gasteiger partial charge in [-0.15, -0.1) is 0 Å². The molecule has 4 heteroatoms. The first-order chi connectivity index (χ1) is 12.1. The predicted octanol–water partition coefficient (Wildman–Crippen LogP) is 4.24. The number of halogens is 1. The third-order valence-corrected chi connectivity index (χ3v) is 8.61. The number of allylic oxidation sites excluding steroid dienone is 1. The molecule has 0 aromatic heterocycles. The minimum atomic E-state index is -1.90. The molecule has 0 heterocycles. The Morgan fingerprint density at radius 2 is 1.88 bits per heavy atom. The lowest BCUT2D eigenvalue weighted by atomic mass is 9.43. The van der Waals surface area contributed by atoms with Crippen molar-refractivity contribution >= 4 is 17.3 Å². The molecule has 3 nitrogen and oxygen atoms in total. The Hall–Kier alpha value is -1.32. The zero-order valence-electron chi connectivity index (χ0n) is 16.2. The first-order valence-electron chi connectivity index (χ1n) is 10.0. The third kappa shape index (κ3) is 1.96. The summed E-state index contributed by atoms with van der Waals surface area (Å²) in [7, 11) is 0. The highest BCUT2D eigenvalue weighted by molar-refractivity contribution is 5.96. The van der Waals surface area contributed by atoms with Gasteiger partial charge in [0.25, 0.3) is 0 Å². The van der Waals surface area contributed by atoms with Gasteiger partial charge in [-0.1, -0.05) is 26.3 Å². The number of Topliss-reactive ketones (excluding diaryl/α,β-unsaturated/α-hetero) is 2. The van der Waals surface area contributed by atoms with Crippen LogP contribution in [0.4, 0.5) is 4.39 Å². The van der Waals surface area contributed by atoms with Crippen LogP contribution in [0.15, 0.2) is 11.6 Å². The van der Waals surface area contributed by atoms with Crippen LogP contribution in [-0.2, 0) is 14.4 Å². The van der Waals surface area contributed by atoms with Crippen molar-refractivity contribution in [3.05, 3.63) is 11.6 Å². The molecule has 0 N–H and O–H groups in total. The average Bonchev–Trinajstić information content (AvgIpc) is 2.89. The van der Waals surface area contributed by atoms with Crippen molar-refractivity contribution in [1.29, 1.82) is 0 Å². The average molecular weight is 360 g/mol. The smallest absolute Gasteiger partial charge is 0.180 e. The number of carbonyl (C=O) groups is 3. The van der Waals surface area contributed by atoms with E-state index in [0.717, 1.165) is 18.4 Å². The lowest BCUT2D eigenvalue weighted by Crippen LogP contribution is -2.66. The molecule has 0 bridgehead atoms. The molecule has 142 valence electrons. The molecule has 3 fully saturated rings. The zero-order valence-corrected chi connectivity index (χ0v) is 16.2. The molecule has 4 rings (SSSR count). The Balaban J connectivity index is 1.84. The highest BCUT2D eigenvalue weighted by Gasteiger charge is 2.72. The van der Waals surface area contributed by atoms with Crippen LogP contribution in [-0.4, -0.2) is 23.0 Å². The number of fused-ring (bicyclic) bond motifs is 5. The van der Waals surface area contributed by atoms with E-state index in [-0.39, 0.29) is 47.4 Å². The van der Waals surface area contributed by atoms with E-state index in [4.69, 9.17) is 0 Å². The largest absolute Gasteiger partial charge is 0.300 e. The number of alkyl halides is 1. The normalized spacial score (nSPS) is 50.6. The van der Waals surface area contributed by atoms with Crippen molar-refractivity contribution in [2.24, 2.45) is 34.5 Å². The molecule has 0 spiro atoms. The SMILES string of the molecule is CC(=O)[C@H]1CC[C@H]2[C@@H]3C[C@@H](C)C4=CC(=O)CC[C@]4(C)[C@@]3(F)C(=O)C[C@]12C. The number of rotatable bonds is 1. The summed E-state index contributed by atoms with van der Waals surface area (Å²) in [5, 5.41) is 0. The van der Waals surface area contributed by atoms with E-state index in [1.807, 2.05) is 13.8 Å². The first-order valence-corrected chi connectivity index (χ1v) is 10.0. The first kappa shape index (κ1) is 18.1. The third-order valence-electron chi connectivity index (χ3n) is 8.61. The van der Waals surface area contributed by atoms with Crippen LogP contribution in [0.2, 0.25) is 0 Å². The van der Waals surface area contributed by atoms with Crippen LogP contribution in [0.1, 0.15) is 66.2 Å². The summed E-state index contributed by atoms with van der Waals surface area (Å²) in [6.07, 6.45) is 4.70. The van der Waals surface area contributed by atoms with Gasteiger partial charge >= 0.3 is 0 Å². The summed E-state index contributed by atoms with van der Waals surface area (Å²) in [5.74, 6) is -0.450. The van der Waals surface area contributed by atoms with Crippen molar-refractivity contribution in [2.75, 3.05) is 0 Å². The summed E-state index contributed by atoms with van der Waals surface area (Å²) in [6.45, 7) is 7.58. The molecule has 0 saturated heterocycles. The van der Waals surface area contributed by atoms with E-state index in [2.05, 4.69) is 6.92 Å². The van der Waals surface area contributed by atoms with Crippen molar-refractivity contribution in [3.8, 4) is 0 Å². The molecule has 26 heavy (non-hydrogen) atoms. The second kappa shape index (κ2) is 5.36. The van der Waals surface area contributed by atoms with Crippen LogP contribution >= 0.6 is 0 Å². The van der Waals surface area contributed by atoms with Crippen molar-refractivity contribution < 1.29 is 18.8 Å². The molecule has 0 amide bonds. The van der Waals surface area contributed by atoms with E-state index >= 15 is 4.39 Å². The molecule has 4 aliphatic rings. The quantitative estimate of drug-likeness (QED) is 0.703. The monoisotopic (exact) mass is 360 g/mol. The van der Waals surface area contributed by atoms with Gasteiger partial charge in [0.05, 0.1) is 0 Å². The maximum atomic E-state index is 16.8. The van der Waals surface area contributed by atoms with Gasteiger partial charge in [0.1, 0.15) is 5.78 Å². The lowest BCUT2D eigenvalue weighted by molar-refractivity contribution is -0.176. The Bertz CT molecular complexity index is 740. The number of carbonyl (C=O) groups excluding carboxylic acids is 3. The highest BCUT2D eigenvalue weighted by Crippen LogP contribution is 2.69. The standard InChI is InChI=1S/C22H29FO3/c1-12-9-18-16-6-5-15(13(2)24)20(16,3)11-19(26)22(18,23)21(4)8-7-14(25)10-17(12)21/h10,12,15-16,18H,5-9,11H2,1-4H3/t12-,15-,16+,18+,20-,21+,22+/m1/s1. The number of hydrogen-bond donors (Lipinski definition) is 0. The Morgan fingerprint density at radius 3 is 2.54 bits per heavy atom. The molecular formula is C22H29FO3. The van der Waals surface area contributed by atoms with Crippen molar-refractivity contribution in [1.82, 2.24) is 0 Å². The van der Waals surface area contributed by atoms with E-state index in [1.54, 1.807) is 13.0 Å². The van der Waals surface area contributed by atoms with E-state index in [0.29, 0.717) is 19.3 Å². The maximum absolute atomic E-state index is 16.8. The van der Waals surface area contributed by atoms with Crippen molar-refractivity contribution in [2.45, 2.75) is 71.9 Å². The lowest BCUT2D eigenvalue weighted by Gasteiger charge is -2.61. The van der Waals surface area contributed by atoms with E-state index in [1.165, 1.54) is 0 Å². The molecule has 4 aliphatic carbocycles. The summed E-state index contributed by atoms with van der Waals surface area (Å²) in [5.41, 5.74) is -2.35. The Labute approximate surface area is 154 Å². The minimum Gasteiger partial charge on any atom is -0.300 e. The molecular weight excluding hydrogens is 331 g/mol. The molecule has 0 aliphatic heterocycles. The summed E-state index contributed by atoms with van der Waals surface area (Å²) in [6, 6.07) is 0. The fourth-order valence-electron chi connectivity index (χ4n) is 7.36.